The molecule has 1 aliphatic rings. The van der Waals surface area contributed by atoms with Crippen molar-refractivity contribution in [1.82, 2.24) is 0 Å². The van der Waals surface area contributed by atoms with Crippen molar-refractivity contribution >= 4 is 23.4 Å². The fourth-order valence-electron chi connectivity index (χ4n) is 1.42. The lowest BCUT2D eigenvalue weighted by Gasteiger charge is -2.29. The maximum absolute atomic E-state index is 10.6. The van der Waals surface area contributed by atoms with Gasteiger partial charge in [0.2, 0.25) is 6.04 Å². The zero-order valence-electron chi connectivity index (χ0n) is 7.22. The van der Waals surface area contributed by atoms with Gasteiger partial charge < -0.3 is 0 Å². The van der Waals surface area contributed by atoms with Crippen molar-refractivity contribution < 1.29 is 4.92 Å². The van der Waals surface area contributed by atoms with Gasteiger partial charge in [-0.05, 0) is 17.7 Å². The Kier molecular flexibility index (Phi) is 2.65. The van der Waals surface area contributed by atoms with E-state index in [0.717, 1.165) is 5.56 Å². The van der Waals surface area contributed by atoms with Crippen molar-refractivity contribution in [3.8, 4) is 0 Å². The molecule has 0 unspecified atom stereocenters. The van der Waals surface area contributed by atoms with Crippen LogP contribution < -0.4 is 0 Å². The van der Waals surface area contributed by atoms with Crippen molar-refractivity contribution in [2.24, 2.45) is 0 Å². The van der Waals surface area contributed by atoms with E-state index in [1.165, 1.54) is 0 Å². The third-order valence-corrected chi connectivity index (χ3v) is 4.00. The zero-order valence-corrected chi connectivity index (χ0v) is 8.79. The predicted octanol–water partition coefficient (Wildman–Crippen LogP) is 2.77. The second-order valence-corrected chi connectivity index (χ2v) is 4.77. The molecule has 14 heavy (non-hydrogen) atoms. The molecule has 1 heterocycles. The number of rotatable bonds is 2. The van der Waals surface area contributed by atoms with Crippen LogP contribution in [0.5, 0.6) is 0 Å². The number of thioether (sulfide) groups is 1. The first-order valence-electron chi connectivity index (χ1n) is 4.19. The Morgan fingerprint density at radius 1 is 1.43 bits per heavy atom. The van der Waals surface area contributed by atoms with Crippen molar-refractivity contribution in [3.05, 3.63) is 45.0 Å². The molecule has 1 saturated heterocycles. The predicted molar refractivity (Wildman–Crippen MR) is 57.4 cm³/mol. The molecule has 1 fully saturated rings. The molecule has 2 atom stereocenters. The van der Waals surface area contributed by atoms with Gasteiger partial charge in [0.05, 0.1) is 11.0 Å². The molecule has 74 valence electrons. The van der Waals surface area contributed by atoms with Crippen molar-refractivity contribution in [2.45, 2.75) is 11.3 Å². The van der Waals surface area contributed by atoms with Crippen LogP contribution in [0.3, 0.4) is 0 Å². The summed E-state index contributed by atoms with van der Waals surface area (Å²) in [7, 11) is 0. The SMILES string of the molecule is O=[N+]([O-])[C@@H]1CS[C@H]1c1ccc(Cl)cc1. The van der Waals surface area contributed by atoms with Crippen LogP contribution in [0.4, 0.5) is 0 Å². The molecule has 2 rings (SSSR count). The first kappa shape index (κ1) is 9.80. The maximum atomic E-state index is 10.6. The van der Waals surface area contributed by atoms with E-state index in [9.17, 15) is 10.1 Å². The minimum atomic E-state index is -0.429. The van der Waals surface area contributed by atoms with Gasteiger partial charge in [0, 0.05) is 9.95 Å². The lowest BCUT2D eigenvalue weighted by molar-refractivity contribution is -0.520. The summed E-state index contributed by atoms with van der Waals surface area (Å²) in [5.74, 6) is 0.611. The average molecular weight is 230 g/mol. The molecule has 0 aromatic heterocycles. The number of halogens is 1. The highest BCUT2D eigenvalue weighted by Gasteiger charge is 2.42. The minimum absolute atomic E-state index is 0.00210. The topological polar surface area (TPSA) is 43.1 Å². The summed E-state index contributed by atoms with van der Waals surface area (Å²) in [5, 5.41) is 11.3. The molecule has 0 aliphatic carbocycles. The van der Waals surface area contributed by atoms with Crippen LogP contribution in [0.2, 0.25) is 5.02 Å². The summed E-state index contributed by atoms with van der Waals surface area (Å²) in [6.07, 6.45) is 0. The monoisotopic (exact) mass is 229 g/mol. The molecule has 0 spiro atoms. The summed E-state index contributed by atoms with van der Waals surface area (Å²) in [5.41, 5.74) is 0.993. The molecular formula is C9H8ClNO2S. The molecule has 0 amide bonds. The number of nitrogens with zero attached hydrogens (tertiary/aromatic N) is 1. The maximum Gasteiger partial charge on any atom is 0.237 e. The van der Waals surface area contributed by atoms with Gasteiger partial charge in [0.25, 0.3) is 0 Å². The third-order valence-electron chi connectivity index (χ3n) is 2.27. The summed E-state index contributed by atoms with van der Waals surface area (Å²) >= 11 is 7.35. The quantitative estimate of drug-likeness (QED) is 0.579. The lowest BCUT2D eigenvalue weighted by atomic mass is 10.1. The van der Waals surface area contributed by atoms with E-state index in [2.05, 4.69) is 0 Å². The molecule has 0 N–H and O–H groups in total. The molecule has 1 aromatic rings. The van der Waals surface area contributed by atoms with Crippen molar-refractivity contribution in [1.29, 1.82) is 0 Å². The summed E-state index contributed by atoms with van der Waals surface area (Å²) in [6.45, 7) is 0. The van der Waals surface area contributed by atoms with Gasteiger partial charge in [0.15, 0.2) is 0 Å². The normalized spacial score (nSPS) is 25.5. The van der Waals surface area contributed by atoms with Crippen LogP contribution in [-0.2, 0) is 0 Å². The molecular weight excluding hydrogens is 222 g/mol. The molecule has 0 saturated carbocycles. The Hall–Kier alpha value is -0.740. The van der Waals surface area contributed by atoms with E-state index in [-0.39, 0.29) is 10.2 Å². The van der Waals surface area contributed by atoms with E-state index in [0.29, 0.717) is 10.8 Å². The molecule has 0 bridgehead atoms. The number of hydrogen-bond acceptors (Lipinski definition) is 3. The second kappa shape index (κ2) is 3.79. The first-order valence-corrected chi connectivity index (χ1v) is 5.62. The number of benzene rings is 1. The Morgan fingerprint density at radius 3 is 2.50 bits per heavy atom. The fraction of sp³-hybridized carbons (Fsp3) is 0.333. The van der Waals surface area contributed by atoms with E-state index >= 15 is 0 Å². The summed E-state index contributed by atoms with van der Waals surface area (Å²) in [4.78, 5) is 10.4. The number of nitro groups is 1. The highest BCUT2D eigenvalue weighted by molar-refractivity contribution is 8.01. The lowest BCUT2D eigenvalue weighted by Crippen LogP contribution is -2.36. The van der Waals surface area contributed by atoms with Gasteiger partial charge >= 0.3 is 0 Å². The minimum Gasteiger partial charge on any atom is -0.264 e. The molecule has 0 radical (unpaired) electrons. The fourth-order valence-corrected chi connectivity index (χ4v) is 2.67. The molecule has 1 aliphatic heterocycles. The zero-order chi connectivity index (χ0) is 10.1. The molecule has 5 heteroatoms. The van der Waals surface area contributed by atoms with Gasteiger partial charge in [0.1, 0.15) is 0 Å². The van der Waals surface area contributed by atoms with Gasteiger partial charge in [-0.3, -0.25) is 10.1 Å². The summed E-state index contributed by atoms with van der Waals surface area (Å²) < 4.78 is 0. The van der Waals surface area contributed by atoms with E-state index < -0.39 is 6.04 Å². The van der Waals surface area contributed by atoms with Crippen LogP contribution in [0, 0.1) is 10.1 Å². The third kappa shape index (κ3) is 1.72. The highest BCUT2D eigenvalue weighted by Crippen LogP contribution is 2.44. The summed E-state index contributed by atoms with van der Waals surface area (Å²) in [6, 6.07) is 6.83. The average Bonchev–Trinajstić information content (AvgIpc) is 2.05. The van der Waals surface area contributed by atoms with Crippen molar-refractivity contribution in [2.75, 3.05) is 5.75 Å². The van der Waals surface area contributed by atoms with Crippen LogP contribution in [0.1, 0.15) is 10.8 Å². The Labute approximate surface area is 90.6 Å². The second-order valence-electron chi connectivity index (χ2n) is 3.16. The van der Waals surface area contributed by atoms with Crippen LogP contribution in [0.15, 0.2) is 24.3 Å². The standard InChI is InChI=1S/C9H8ClNO2S/c10-7-3-1-6(2-4-7)9-8(5-14-9)11(12)13/h1-4,8-9H,5H2/t8-,9+/m1/s1. The number of hydrogen-bond donors (Lipinski definition) is 0. The Balaban J connectivity index is 2.16. The molecule has 3 nitrogen and oxygen atoms in total. The Morgan fingerprint density at radius 2 is 2.07 bits per heavy atom. The van der Waals surface area contributed by atoms with Crippen LogP contribution >= 0.6 is 23.4 Å². The molecule has 1 aromatic carbocycles. The van der Waals surface area contributed by atoms with E-state index in [4.69, 9.17) is 11.6 Å². The Bertz CT molecular complexity index is 354. The van der Waals surface area contributed by atoms with Gasteiger partial charge in [-0.15, -0.1) is 11.8 Å². The first-order chi connectivity index (χ1) is 6.68. The van der Waals surface area contributed by atoms with E-state index in [1.807, 2.05) is 12.1 Å². The van der Waals surface area contributed by atoms with Gasteiger partial charge in [-0.25, -0.2) is 0 Å². The van der Waals surface area contributed by atoms with Crippen molar-refractivity contribution in [3.63, 3.8) is 0 Å². The van der Waals surface area contributed by atoms with Crippen LogP contribution in [0.25, 0.3) is 0 Å². The highest BCUT2D eigenvalue weighted by atomic mass is 35.5. The van der Waals surface area contributed by atoms with Gasteiger partial charge in [-0.2, -0.15) is 0 Å². The van der Waals surface area contributed by atoms with Gasteiger partial charge in [-0.1, -0.05) is 23.7 Å². The van der Waals surface area contributed by atoms with E-state index in [1.54, 1.807) is 23.9 Å². The largest absolute Gasteiger partial charge is 0.264 e. The van der Waals surface area contributed by atoms with Crippen LogP contribution in [-0.4, -0.2) is 16.7 Å². The smallest absolute Gasteiger partial charge is 0.237 e.